The highest BCUT2D eigenvalue weighted by molar-refractivity contribution is 5.70. The van der Waals surface area contributed by atoms with E-state index >= 15 is 0 Å². The van der Waals surface area contributed by atoms with Crippen molar-refractivity contribution in [2.75, 3.05) is 32.8 Å². The van der Waals surface area contributed by atoms with E-state index in [0.717, 1.165) is 43.4 Å². The van der Waals surface area contributed by atoms with Crippen LogP contribution in [0.25, 0.3) is 0 Å². The van der Waals surface area contributed by atoms with Gasteiger partial charge in [-0.3, -0.25) is 0 Å². The lowest BCUT2D eigenvalue weighted by Crippen LogP contribution is -3.00. The smallest absolute Gasteiger partial charge is 0.361 e. The van der Waals surface area contributed by atoms with Crippen molar-refractivity contribution in [2.24, 2.45) is 0 Å². The van der Waals surface area contributed by atoms with E-state index in [4.69, 9.17) is 4.74 Å². The Labute approximate surface area is 117 Å². The molecule has 0 aromatic heterocycles. The number of esters is 1. The Balaban J connectivity index is 0. The van der Waals surface area contributed by atoms with Gasteiger partial charge in [-0.15, -0.1) is 0 Å². The van der Waals surface area contributed by atoms with Crippen LogP contribution in [0.1, 0.15) is 47.0 Å². The molecule has 0 heterocycles. The number of quaternary nitrogens is 1. The summed E-state index contributed by atoms with van der Waals surface area (Å²) in [7, 11) is 0. The third kappa shape index (κ3) is 7.77. The maximum absolute atomic E-state index is 11.6. The number of rotatable bonds is 9. The minimum absolute atomic E-state index is 0. The van der Waals surface area contributed by atoms with Gasteiger partial charge in [0, 0.05) is 0 Å². The molecule has 0 aromatic carbocycles. The summed E-state index contributed by atoms with van der Waals surface area (Å²) in [5.74, 6) is -0.0437. The van der Waals surface area contributed by atoms with Crippen molar-refractivity contribution in [3.05, 3.63) is 0 Å². The molecule has 0 unspecified atom stereocenters. The summed E-state index contributed by atoms with van der Waals surface area (Å²) in [6, 6.07) is 0. The minimum atomic E-state index is -0.0437. The zero-order chi connectivity index (χ0) is 12.4. The second-order valence-electron chi connectivity index (χ2n) is 4.48. The molecule has 0 fully saturated rings. The summed E-state index contributed by atoms with van der Waals surface area (Å²) in [4.78, 5) is 11.6. The lowest BCUT2D eigenvalue weighted by atomic mass is 10.2. The number of hydrogen-bond donors (Lipinski definition) is 0. The SMILES string of the molecule is CCC[N+](CCC)(CCC)CC(=O)OCC.[Br-]. The van der Waals surface area contributed by atoms with Gasteiger partial charge in [0.25, 0.3) is 0 Å². The normalized spacial score (nSPS) is 10.8. The maximum Gasteiger partial charge on any atom is 0.361 e. The highest BCUT2D eigenvalue weighted by Crippen LogP contribution is 2.12. The molecular weight excluding hydrogens is 282 g/mol. The van der Waals surface area contributed by atoms with Crippen molar-refractivity contribution in [3.8, 4) is 0 Å². The molecule has 0 saturated heterocycles. The summed E-state index contributed by atoms with van der Waals surface area (Å²) in [6.07, 6.45) is 3.37. The van der Waals surface area contributed by atoms with E-state index in [1.807, 2.05) is 6.92 Å². The van der Waals surface area contributed by atoms with Crippen molar-refractivity contribution in [2.45, 2.75) is 47.0 Å². The van der Waals surface area contributed by atoms with Crippen LogP contribution >= 0.6 is 0 Å². The lowest BCUT2D eigenvalue weighted by Gasteiger charge is -2.37. The van der Waals surface area contributed by atoms with Gasteiger partial charge in [0.2, 0.25) is 0 Å². The molecule has 104 valence electrons. The van der Waals surface area contributed by atoms with E-state index in [1.165, 1.54) is 0 Å². The fourth-order valence-corrected chi connectivity index (χ4v) is 2.48. The molecule has 0 N–H and O–H groups in total. The molecule has 0 aliphatic heterocycles. The summed E-state index contributed by atoms with van der Waals surface area (Å²) in [5.41, 5.74) is 0. The molecule has 3 nitrogen and oxygen atoms in total. The molecule has 0 rings (SSSR count). The number of carbonyl (C=O) groups excluding carboxylic acids is 1. The van der Waals surface area contributed by atoms with Gasteiger partial charge in [0.15, 0.2) is 6.54 Å². The van der Waals surface area contributed by atoms with Crippen LogP contribution in [0.4, 0.5) is 0 Å². The van der Waals surface area contributed by atoms with Gasteiger partial charge in [0.05, 0.1) is 26.2 Å². The predicted molar refractivity (Wildman–Crippen MR) is 67.2 cm³/mol. The third-order valence-electron chi connectivity index (χ3n) is 2.86. The van der Waals surface area contributed by atoms with Crippen molar-refractivity contribution in [3.63, 3.8) is 0 Å². The molecule has 0 saturated carbocycles. The monoisotopic (exact) mass is 309 g/mol. The first-order valence-electron chi connectivity index (χ1n) is 6.64. The first kappa shape index (κ1) is 19.3. The van der Waals surface area contributed by atoms with Crippen molar-refractivity contribution >= 4 is 5.97 Å². The van der Waals surface area contributed by atoms with Crippen LogP contribution in [0.3, 0.4) is 0 Å². The van der Waals surface area contributed by atoms with Crippen LogP contribution in [-0.4, -0.2) is 43.2 Å². The average Bonchev–Trinajstić information content (AvgIpc) is 2.18. The molecule has 4 heteroatoms. The van der Waals surface area contributed by atoms with Gasteiger partial charge in [0.1, 0.15) is 0 Å². The van der Waals surface area contributed by atoms with E-state index in [2.05, 4.69) is 20.8 Å². The molecule has 0 bridgehead atoms. The summed E-state index contributed by atoms with van der Waals surface area (Å²) >= 11 is 0. The summed E-state index contributed by atoms with van der Waals surface area (Å²) in [6.45, 7) is 12.7. The van der Waals surface area contributed by atoms with Gasteiger partial charge in [-0.2, -0.15) is 0 Å². The number of carbonyl (C=O) groups is 1. The van der Waals surface area contributed by atoms with E-state index in [9.17, 15) is 4.79 Å². The number of halogens is 1. The molecule has 0 spiro atoms. The Hall–Kier alpha value is -0.0900. The largest absolute Gasteiger partial charge is 1.00 e. The van der Waals surface area contributed by atoms with Crippen LogP contribution in [0.5, 0.6) is 0 Å². The molecule has 0 aliphatic rings. The topological polar surface area (TPSA) is 26.3 Å². The van der Waals surface area contributed by atoms with E-state index in [0.29, 0.717) is 13.2 Å². The van der Waals surface area contributed by atoms with Gasteiger partial charge >= 0.3 is 5.97 Å². The van der Waals surface area contributed by atoms with Crippen LogP contribution in [-0.2, 0) is 9.53 Å². The first-order chi connectivity index (χ1) is 7.64. The highest BCUT2D eigenvalue weighted by Gasteiger charge is 2.28. The zero-order valence-corrected chi connectivity index (χ0v) is 13.4. The first-order valence-corrected chi connectivity index (χ1v) is 6.64. The summed E-state index contributed by atoms with van der Waals surface area (Å²) < 4.78 is 5.99. The zero-order valence-electron chi connectivity index (χ0n) is 11.8. The molecule has 0 aliphatic carbocycles. The molecular formula is C13H28BrNO2. The molecule has 0 atom stereocenters. The Kier molecular flexibility index (Phi) is 12.5. The predicted octanol–water partition coefficient (Wildman–Crippen LogP) is -0.400. The molecule has 0 amide bonds. The Morgan fingerprint density at radius 2 is 1.35 bits per heavy atom. The Morgan fingerprint density at radius 3 is 1.65 bits per heavy atom. The van der Waals surface area contributed by atoms with Gasteiger partial charge < -0.3 is 26.2 Å². The van der Waals surface area contributed by atoms with E-state index < -0.39 is 0 Å². The van der Waals surface area contributed by atoms with Crippen molar-refractivity contribution < 1.29 is 31.0 Å². The Bertz CT molecular complexity index is 181. The third-order valence-corrected chi connectivity index (χ3v) is 2.86. The highest BCUT2D eigenvalue weighted by atomic mass is 79.9. The van der Waals surface area contributed by atoms with Gasteiger partial charge in [-0.25, -0.2) is 4.79 Å². The van der Waals surface area contributed by atoms with E-state index in [-0.39, 0.29) is 23.0 Å². The van der Waals surface area contributed by atoms with Gasteiger partial charge in [-0.05, 0) is 26.2 Å². The van der Waals surface area contributed by atoms with Crippen LogP contribution in [0.15, 0.2) is 0 Å². The van der Waals surface area contributed by atoms with Crippen molar-refractivity contribution in [1.29, 1.82) is 0 Å². The van der Waals surface area contributed by atoms with Crippen LogP contribution in [0, 0.1) is 0 Å². The fourth-order valence-electron chi connectivity index (χ4n) is 2.48. The number of nitrogens with zero attached hydrogens (tertiary/aromatic N) is 1. The standard InChI is InChI=1S/C13H28NO2.BrH/c1-5-9-14(10-6-2,11-7-3)12-13(15)16-8-4;/h5-12H2,1-4H3;1H/q+1;/p-1. The van der Waals surface area contributed by atoms with Crippen molar-refractivity contribution in [1.82, 2.24) is 0 Å². The fraction of sp³-hybridized carbons (Fsp3) is 0.923. The van der Waals surface area contributed by atoms with Crippen LogP contribution in [0.2, 0.25) is 0 Å². The van der Waals surface area contributed by atoms with Crippen LogP contribution < -0.4 is 17.0 Å². The molecule has 0 radical (unpaired) electrons. The number of hydrogen-bond acceptors (Lipinski definition) is 2. The maximum atomic E-state index is 11.6. The lowest BCUT2D eigenvalue weighted by molar-refractivity contribution is -0.921. The van der Waals surface area contributed by atoms with E-state index in [1.54, 1.807) is 0 Å². The number of ether oxygens (including phenoxy) is 1. The molecule has 0 aromatic rings. The summed E-state index contributed by atoms with van der Waals surface area (Å²) in [5, 5.41) is 0. The average molecular weight is 310 g/mol. The van der Waals surface area contributed by atoms with Gasteiger partial charge in [-0.1, -0.05) is 20.8 Å². The second-order valence-corrected chi connectivity index (χ2v) is 4.48. The second kappa shape index (κ2) is 11.0. The quantitative estimate of drug-likeness (QED) is 0.428. The Morgan fingerprint density at radius 1 is 0.941 bits per heavy atom. The molecule has 17 heavy (non-hydrogen) atoms. The minimum Gasteiger partial charge on any atom is -1.00 e.